The summed E-state index contributed by atoms with van der Waals surface area (Å²) >= 11 is -2.04. The Kier molecular flexibility index (Phi) is 4.51. The van der Waals surface area contributed by atoms with E-state index in [9.17, 15) is 8.76 Å². The van der Waals surface area contributed by atoms with Crippen molar-refractivity contribution in [2.24, 2.45) is 7.05 Å². The van der Waals surface area contributed by atoms with Gasteiger partial charge in [-0.3, -0.25) is 9.97 Å². The van der Waals surface area contributed by atoms with Crippen LogP contribution in [-0.2, 0) is 24.5 Å². The lowest BCUT2D eigenvalue weighted by Crippen LogP contribution is -2.09. The molecule has 2 unspecified atom stereocenters. The van der Waals surface area contributed by atoms with E-state index in [1.54, 1.807) is 13.2 Å². The van der Waals surface area contributed by atoms with Crippen molar-refractivity contribution in [2.75, 3.05) is 5.32 Å². The molecule has 0 amide bonds. The van der Waals surface area contributed by atoms with Gasteiger partial charge in [0, 0.05) is 28.6 Å². The Morgan fingerprint density at radius 2 is 2.00 bits per heavy atom. The highest BCUT2D eigenvalue weighted by Crippen LogP contribution is 2.44. The molecular formula is C22H21N7O2S. The molecule has 1 fully saturated rings. The summed E-state index contributed by atoms with van der Waals surface area (Å²) in [6.45, 7) is 0. The lowest BCUT2D eigenvalue weighted by atomic mass is 9.99. The molecule has 3 heterocycles. The van der Waals surface area contributed by atoms with E-state index in [1.807, 2.05) is 30.5 Å². The minimum atomic E-state index is -2.04. The SMILES string of the molecule is Cn1nnc(-c2ccc(NC3CCc4cc(S(=O)O)c5cc(C6CC6)ncc5c43)cn2)n1. The highest BCUT2D eigenvalue weighted by Gasteiger charge is 2.30. The molecule has 0 bridgehead atoms. The first kappa shape index (κ1) is 19.4. The monoisotopic (exact) mass is 447 g/mol. The number of nitrogens with zero attached hydrogens (tertiary/aromatic N) is 6. The first-order valence-corrected chi connectivity index (χ1v) is 11.7. The maximum absolute atomic E-state index is 12.1. The van der Waals surface area contributed by atoms with E-state index in [2.05, 4.69) is 25.7 Å². The van der Waals surface area contributed by atoms with Crippen LogP contribution in [0.2, 0.25) is 0 Å². The molecule has 10 heteroatoms. The van der Waals surface area contributed by atoms with Crippen molar-refractivity contribution in [1.82, 2.24) is 30.2 Å². The molecule has 0 spiro atoms. The van der Waals surface area contributed by atoms with Crippen LogP contribution in [0.15, 0.2) is 41.6 Å². The Morgan fingerprint density at radius 1 is 1.12 bits per heavy atom. The van der Waals surface area contributed by atoms with E-state index in [0.29, 0.717) is 22.3 Å². The Labute approximate surface area is 186 Å². The fourth-order valence-electron chi connectivity index (χ4n) is 4.53. The number of anilines is 1. The van der Waals surface area contributed by atoms with Crippen LogP contribution in [0.5, 0.6) is 0 Å². The number of aromatic nitrogens is 6. The van der Waals surface area contributed by atoms with Gasteiger partial charge in [0.05, 0.1) is 29.9 Å². The van der Waals surface area contributed by atoms with Crippen molar-refractivity contribution in [3.8, 4) is 11.5 Å². The molecule has 2 N–H and O–H groups in total. The third-order valence-corrected chi connectivity index (χ3v) is 6.92. The topological polar surface area (TPSA) is 119 Å². The number of rotatable bonds is 5. The van der Waals surface area contributed by atoms with Gasteiger partial charge in [-0.15, -0.1) is 10.2 Å². The molecule has 162 valence electrons. The van der Waals surface area contributed by atoms with Gasteiger partial charge >= 0.3 is 0 Å². The van der Waals surface area contributed by atoms with Crippen molar-refractivity contribution < 1.29 is 8.76 Å². The summed E-state index contributed by atoms with van der Waals surface area (Å²) in [6, 6.07) is 7.81. The van der Waals surface area contributed by atoms with Crippen LogP contribution < -0.4 is 5.32 Å². The Balaban J connectivity index is 1.35. The standard InChI is InChI=1S/C22H21N7O2S/c1-29-27-22(26-28-29)18-7-5-14(10-23-18)25-17-6-4-13-8-20(32(30)31)15-9-19(12-2-3-12)24-11-16(15)21(13)17/h5,7-12,17,25H,2-4,6H2,1H3,(H,30,31). The van der Waals surface area contributed by atoms with Gasteiger partial charge in [0.25, 0.3) is 0 Å². The highest BCUT2D eigenvalue weighted by molar-refractivity contribution is 7.79. The predicted molar refractivity (Wildman–Crippen MR) is 119 cm³/mol. The molecule has 32 heavy (non-hydrogen) atoms. The summed E-state index contributed by atoms with van der Waals surface area (Å²) in [5, 5.41) is 17.4. The second-order valence-corrected chi connectivity index (χ2v) is 9.33. The molecule has 6 rings (SSSR count). The number of hydrogen-bond donors (Lipinski definition) is 2. The lowest BCUT2D eigenvalue weighted by molar-refractivity contribution is 0.565. The summed E-state index contributed by atoms with van der Waals surface area (Å²) in [5.41, 5.74) is 4.82. The molecular weight excluding hydrogens is 426 g/mol. The van der Waals surface area contributed by atoms with Crippen LogP contribution in [0.25, 0.3) is 22.3 Å². The van der Waals surface area contributed by atoms with Gasteiger partial charge in [0.2, 0.25) is 5.82 Å². The zero-order chi connectivity index (χ0) is 21.8. The number of aryl methyl sites for hydroxylation is 2. The van der Waals surface area contributed by atoms with Crippen LogP contribution in [0.1, 0.15) is 48.0 Å². The smallest absolute Gasteiger partial charge is 0.223 e. The molecule has 2 aliphatic rings. The summed E-state index contributed by atoms with van der Waals surface area (Å²) < 4.78 is 22.0. The number of fused-ring (bicyclic) bond motifs is 3. The highest BCUT2D eigenvalue weighted by atomic mass is 32.2. The molecule has 4 aromatic rings. The van der Waals surface area contributed by atoms with E-state index in [4.69, 9.17) is 4.98 Å². The van der Waals surface area contributed by atoms with Gasteiger partial charge in [-0.05, 0) is 66.3 Å². The maximum atomic E-state index is 12.1. The number of nitrogens with one attached hydrogen (secondary N) is 1. The minimum absolute atomic E-state index is 0.0737. The second kappa shape index (κ2) is 7.42. The fraction of sp³-hybridized carbons (Fsp3) is 0.318. The number of benzene rings is 1. The van der Waals surface area contributed by atoms with Crippen LogP contribution in [0, 0.1) is 0 Å². The third kappa shape index (κ3) is 3.35. The normalized spacial score (nSPS) is 18.6. The number of tetrazole rings is 1. The summed E-state index contributed by atoms with van der Waals surface area (Å²) in [5.74, 6) is 0.966. The first-order chi connectivity index (χ1) is 15.6. The van der Waals surface area contributed by atoms with Gasteiger partial charge in [-0.2, -0.15) is 4.80 Å². The van der Waals surface area contributed by atoms with E-state index >= 15 is 0 Å². The Hall–Kier alpha value is -3.24. The third-order valence-electron chi connectivity index (χ3n) is 6.21. The molecule has 2 aliphatic carbocycles. The number of hydrogen-bond acceptors (Lipinski definition) is 7. The molecule has 0 saturated heterocycles. The van der Waals surface area contributed by atoms with E-state index in [1.165, 1.54) is 4.80 Å². The Morgan fingerprint density at radius 3 is 2.69 bits per heavy atom. The Bertz CT molecular complexity index is 1360. The molecule has 1 aromatic carbocycles. The average Bonchev–Trinajstić information content (AvgIpc) is 3.44. The van der Waals surface area contributed by atoms with Crippen molar-refractivity contribution in [3.05, 3.63) is 53.5 Å². The molecule has 0 aliphatic heterocycles. The molecule has 0 radical (unpaired) electrons. The summed E-state index contributed by atoms with van der Waals surface area (Å²) in [6.07, 6.45) is 7.67. The van der Waals surface area contributed by atoms with Crippen molar-refractivity contribution in [2.45, 2.75) is 42.5 Å². The van der Waals surface area contributed by atoms with Crippen LogP contribution in [0.3, 0.4) is 0 Å². The first-order valence-electron chi connectivity index (χ1n) is 10.6. The second-order valence-electron chi connectivity index (χ2n) is 8.40. The van der Waals surface area contributed by atoms with Gasteiger partial charge in [-0.1, -0.05) is 0 Å². The summed E-state index contributed by atoms with van der Waals surface area (Å²) in [7, 11) is 1.72. The fourth-order valence-corrected chi connectivity index (χ4v) is 5.13. The summed E-state index contributed by atoms with van der Waals surface area (Å²) in [4.78, 5) is 11.0. The van der Waals surface area contributed by atoms with Crippen molar-refractivity contribution >= 4 is 27.5 Å². The van der Waals surface area contributed by atoms with Crippen LogP contribution in [-0.4, -0.2) is 38.9 Å². The quantitative estimate of drug-likeness (QED) is 0.447. The zero-order valence-electron chi connectivity index (χ0n) is 17.4. The van der Waals surface area contributed by atoms with Gasteiger partial charge in [0.1, 0.15) is 5.69 Å². The number of pyridine rings is 2. The van der Waals surface area contributed by atoms with Gasteiger partial charge in [0.15, 0.2) is 11.1 Å². The zero-order valence-corrected chi connectivity index (χ0v) is 18.2. The van der Waals surface area contributed by atoms with E-state index in [0.717, 1.165) is 59.0 Å². The molecule has 1 saturated carbocycles. The minimum Gasteiger partial charge on any atom is -0.377 e. The predicted octanol–water partition coefficient (Wildman–Crippen LogP) is 3.38. The van der Waals surface area contributed by atoms with Crippen LogP contribution in [0.4, 0.5) is 5.69 Å². The van der Waals surface area contributed by atoms with Crippen molar-refractivity contribution in [3.63, 3.8) is 0 Å². The van der Waals surface area contributed by atoms with Crippen molar-refractivity contribution in [1.29, 1.82) is 0 Å². The van der Waals surface area contributed by atoms with E-state index in [-0.39, 0.29) is 6.04 Å². The van der Waals surface area contributed by atoms with Crippen LogP contribution >= 0.6 is 0 Å². The van der Waals surface area contributed by atoms with E-state index < -0.39 is 11.1 Å². The molecule has 3 aromatic heterocycles. The van der Waals surface area contributed by atoms with Gasteiger partial charge in [-0.25, -0.2) is 4.21 Å². The largest absolute Gasteiger partial charge is 0.377 e. The lowest BCUT2D eigenvalue weighted by Gasteiger charge is -2.18. The molecule has 9 nitrogen and oxygen atoms in total. The van der Waals surface area contributed by atoms with Gasteiger partial charge < -0.3 is 9.87 Å². The maximum Gasteiger partial charge on any atom is 0.223 e. The average molecular weight is 448 g/mol. The molecule has 2 atom stereocenters.